The van der Waals surface area contributed by atoms with Crippen LogP contribution in [0.25, 0.3) is 0 Å². The zero-order valence-electron chi connectivity index (χ0n) is 8.34. The van der Waals surface area contributed by atoms with Crippen molar-refractivity contribution in [3.8, 4) is 0 Å². The molecule has 1 aliphatic carbocycles. The van der Waals surface area contributed by atoms with E-state index in [0.717, 1.165) is 0 Å². The van der Waals surface area contributed by atoms with E-state index in [1.54, 1.807) is 0 Å². The van der Waals surface area contributed by atoms with Crippen molar-refractivity contribution in [3.05, 3.63) is 21.9 Å². The van der Waals surface area contributed by atoms with Crippen molar-refractivity contribution in [2.45, 2.75) is 44.6 Å². The van der Waals surface area contributed by atoms with Crippen molar-refractivity contribution in [1.82, 2.24) is 0 Å². The molecule has 0 amide bonds. The molecular weight excluding hydrogens is 178 g/mol. The third-order valence-corrected chi connectivity index (χ3v) is 4.54. The summed E-state index contributed by atoms with van der Waals surface area (Å²) >= 11 is 1.91. The van der Waals surface area contributed by atoms with Gasteiger partial charge in [0.05, 0.1) is 5.54 Å². The maximum atomic E-state index is 6.13. The molecule has 2 rings (SSSR count). The maximum Gasteiger partial charge on any atom is 0.0505 e. The standard InChI is InChI=1S/C11H17NS/c1-3-8(2)9-4-5-10(13-9)11(12)6-7-11/h4-5,8H,3,6-7,12H2,1-2H3. The average molecular weight is 195 g/mol. The molecule has 1 aromatic heterocycles. The average Bonchev–Trinajstić information content (AvgIpc) is 2.72. The quantitative estimate of drug-likeness (QED) is 0.787. The Hall–Kier alpha value is -0.340. The van der Waals surface area contributed by atoms with E-state index in [9.17, 15) is 0 Å². The van der Waals surface area contributed by atoms with Gasteiger partial charge >= 0.3 is 0 Å². The Bertz CT molecular complexity index is 299. The predicted molar refractivity (Wildman–Crippen MR) is 58.1 cm³/mol. The molecule has 2 heteroatoms. The zero-order chi connectivity index (χ0) is 9.47. The first-order chi connectivity index (χ1) is 6.15. The van der Waals surface area contributed by atoms with Crippen LogP contribution >= 0.6 is 11.3 Å². The van der Waals surface area contributed by atoms with Crippen LogP contribution in [0.1, 0.15) is 48.8 Å². The first kappa shape index (κ1) is 9.22. The van der Waals surface area contributed by atoms with E-state index in [4.69, 9.17) is 5.73 Å². The normalized spacial score (nSPS) is 21.5. The topological polar surface area (TPSA) is 26.0 Å². The van der Waals surface area contributed by atoms with Gasteiger partial charge in [0, 0.05) is 9.75 Å². The third-order valence-electron chi connectivity index (χ3n) is 3.00. The van der Waals surface area contributed by atoms with Gasteiger partial charge in [-0.25, -0.2) is 0 Å². The van der Waals surface area contributed by atoms with E-state index in [1.165, 1.54) is 29.0 Å². The Morgan fingerprint density at radius 3 is 2.77 bits per heavy atom. The van der Waals surface area contributed by atoms with Crippen LogP contribution in [0, 0.1) is 0 Å². The predicted octanol–water partition coefficient (Wildman–Crippen LogP) is 3.21. The van der Waals surface area contributed by atoms with E-state index in [-0.39, 0.29) is 5.54 Å². The monoisotopic (exact) mass is 195 g/mol. The highest BCUT2D eigenvalue weighted by atomic mass is 32.1. The van der Waals surface area contributed by atoms with Crippen LogP contribution in [0.5, 0.6) is 0 Å². The fraction of sp³-hybridized carbons (Fsp3) is 0.636. The molecule has 2 N–H and O–H groups in total. The zero-order valence-corrected chi connectivity index (χ0v) is 9.16. The van der Waals surface area contributed by atoms with Gasteiger partial charge in [0.25, 0.3) is 0 Å². The molecule has 1 heterocycles. The number of thiophene rings is 1. The molecule has 72 valence electrons. The van der Waals surface area contributed by atoms with Gasteiger partial charge in [0.15, 0.2) is 0 Å². The van der Waals surface area contributed by atoms with Gasteiger partial charge < -0.3 is 5.73 Å². The summed E-state index contributed by atoms with van der Waals surface area (Å²) in [6, 6.07) is 4.47. The van der Waals surface area contributed by atoms with E-state index in [2.05, 4.69) is 26.0 Å². The molecule has 1 fully saturated rings. The minimum Gasteiger partial charge on any atom is -0.321 e. The fourth-order valence-corrected chi connectivity index (χ4v) is 2.77. The summed E-state index contributed by atoms with van der Waals surface area (Å²) in [5, 5.41) is 0. The lowest BCUT2D eigenvalue weighted by Crippen LogP contribution is -2.16. The second-order valence-corrected chi connectivity index (χ2v) is 5.28. The molecule has 13 heavy (non-hydrogen) atoms. The Labute approximate surface area is 84.0 Å². The summed E-state index contributed by atoms with van der Waals surface area (Å²) in [4.78, 5) is 2.89. The van der Waals surface area contributed by atoms with Gasteiger partial charge in [0.2, 0.25) is 0 Å². The van der Waals surface area contributed by atoms with Crippen LogP contribution in [-0.2, 0) is 5.54 Å². The van der Waals surface area contributed by atoms with Crippen LogP contribution in [0.2, 0.25) is 0 Å². The summed E-state index contributed by atoms with van der Waals surface area (Å²) in [5.41, 5.74) is 6.20. The minimum atomic E-state index is 0.0659. The second kappa shape index (κ2) is 3.10. The molecule has 1 nitrogen and oxygen atoms in total. The highest BCUT2D eigenvalue weighted by Crippen LogP contribution is 2.46. The van der Waals surface area contributed by atoms with Gasteiger partial charge in [-0.2, -0.15) is 0 Å². The van der Waals surface area contributed by atoms with E-state index in [1.807, 2.05) is 11.3 Å². The molecule has 0 aliphatic heterocycles. The van der Waals surface area contributed by atoms with Gasteiger partial charge in [-0.3, -0.25) is 0 Å². The molecule has 0 spiro atoms. The summed E-state index contributed by atoms with van der Waals surface area (Å²) < 4.78 is 0. The number of hydrogen-bond acceptors (Lipinski definition) is 2. The van der Waals surface area contributed by atoms with Crippen molar-refractivity contribution < 1.29 is 0 Å². The molecule has 1 atom stereocenters. The van der Waals surface area contributed by atoms with Crippen LogP contribution in [0.4, 0.5) is 0 Å². The summed E-state index contributed by atoms with van der Waals surface area (Å²) in [6.45, 7) is 4.52. The van der Waals surface area contributed by atoms with E-state index < -0.39 is 0 Å². The van der Waals surface area contributed by atoms with Gasteiger partial charge in [-0.05, 0) is 37.3 Å². The number of hydrogen-bond donors (Lipinski definition) is 1. The summed E-state index contributed by atoms with van der Waals surface area (Å²) in [7, 11) is 0. The highest BCUT2D eigenvalue weighted by molar-refractivity contribution is 7.12. The van der Waals surface area contributed by atoms with Crippen molar-refractivity contribution in [3.63, 3.8) is 0 Å². The number of rotatable bonds is 3. The minimum absolute atomic E-state index is 0.0659. The van der Waals surface area contributed by atoms with Crippen molar-refractivity contribution in [2.75, 3.05) is 0 Å². The first-order valence-electron chi connectivity index (χ1n) is 5.05. The van der Waals surface area contributed by atoms with Crippen molar-refractivity contribution in [1.29, 1.82) is 0 Å². The molecule has 1 aromatic rings. The molecular formula is C11H17NS. The molecule has 1 unspecified atom stereocenters. The fourth-order valence-electron chi connectivity index (χ4n) is 1.47. The Kier molecular flexibility index (Phi) is 2.20. The van der Waals surface area contributed by atoms with Crippen LogP contribution in [0.15, 0.2) is 12.1 Å². The van der Waals surface area contributed by atoms with Crippen molar-refractivity contribution in [2.24, 2.45) is 5.73 Å². The molecule has 0 radical (unpaired) electrons. The van der Waals surface area contributed by atoms with Crippen LogP contribution in [0.3, 0.4) is 0 Å². The molecule has 0 bridgehead atoms. The molecule has 1 saturated carbocycles. The SMILES string of the molecule is CCC(C)c1ccc(C2(N)CC2)s1. The van der Waals surface area contributed by atoms with Crippen LogP contribution in [-0.4, -0.2) is 0 Å². The first-order valence-corrected chi connectivity index (χ1v) is 5.86. The van der Waals surface area contributed by atoms with E-state index in [0.29, 0.717) is 5.92 Å². The molecule has 0 aromatic carbocycles. The Balaban J connectivity index is 2.18. The van der Waals surface area contributed by atoms with Gasteiger partial charge in [0.1, 0.15) is 0 Å². The van der Waals surface area contributed by atoms with Gasteiger partial charge in [-0.1, -0.05) is 13.8 Å². The Morgan fingerprint density at radius 2 is 2.23 bits per heavy atom. The summed E-state index contributed by atoms with van der Waals surface area (Å²) in [5.74, 6) is 0.695. The van der Waals surface area contributed by atoms with Gasteiger partial charge in [-0.15, -0.1) is 11.3 Å². The Morgan fingerprint density at radius 1 is 1.54 bits per heavy atom. The third kappa shape index (κ3) is 1.65. The lowest BCUT2D eigenvalue weighted by molar-refractivity contribution is 0.748. The van der Waals surface area contributed by atoms with Crippen LogP contribution < -0.4 is 5.73 Å². The highest BCUT2D eigenvalue weighted by Gasteiger charge is 2.41. The maximum absolute atomic E-state index is 6.13. The summed E-state index contributed by atoms with van der Waals surface area (Å²) in [6.07, 6.45) is 3.57. The lowest BCUT2D eigenvalue weighted by Gasteiger charge is -2.06. The largest absolute Gasteiger partial charge is 0.321 e. The smallest absolute Gasteiger partial charge is 0.0505 e. The lowest BCUT2D eigenvalue weighted by atomic mass is 10.1. The molecule has 0 saturated heterocycles. The second-order valence-electron chi connectivity index (χ2n) is 4.17. The van der Waals surface area contributed by atoms with Crippen molar-refractivity contribution >= 4 is 11.3 Å². The molecule has 1 aliphatic rings. The van der Waals surface area contributed by atoms with E-state index >= 15 is 0 Å². The number of nitrogens with two attached hydrogens (primary N) is 1.